The Kier molecular flexibility index (Phi) is 7.46. The van der Waals surface area contributed by atoms with Gasteiger partial charge in [-0.25, -0.2) is 8.42 Å². The highest BCUT2D eigenvalue weighted by atomic mass is 32.2. The molecule has 0 spiro atoms. The van der Waals surface area contributed by atoms with Gasteiger partial charge in [0.2, 0.25) is 15.9 Å². The smallest absolute Gasteiger partial charge is 0.240 e. The molecule has 1 N–H and O–H groups in total. The fourth-order valence-electron chi connectivity index (χ4n) is 3.19. The van der Waals surface area contributed by atoms with Crippen LogP contribution in [0.2, 0.25) is 0 Å². The van der Waals surface area contributed by atoms with Crippen LogP contribution >= 0.6 is 0 Å². The van der Waals surface area contributed by atoms with Crippen LogP contribution in [0.3, 0.4) is 0 Å². The first-order valence-corrected chi connectivity index (χ1v) is 11.1. The van der Waals surface area contributed by atoms with Gasteiger partial charge in [-0.05, 0) is 69.4 Å². The molecule has 0 bridgehead atoms. The first-order valence-electron chi connectivity index (χ1n) is 9.29. The third-order valence-electron chi connectivity index (χ3n) is 4.83. The molecule has 1 fully saturated rings. The number of rotatable bonds is 8. The maximum Gasteiger partial charge on any atom is 0.240 e. The average Bonchev–Trinajstić information content (AvgIpc) is 2.57. The number of carbonyl (C=O) groups is 1. The quantitative estimate of drug-likeness (QED) is 0.699. The van der Waals surface area contributed by atoms with Gasteiger partial charge in [0.05, 0.1) is 11.9 Å². The van der Waals surface area contributed by atoms with E-state index in [4.69, 9.17) is 0 Å². The van der Waals surface area contributed by atoms with Crippen LogP contribution in [0.25, 0.3) is 0 Å². The lowest BCUT2D eigenvalue weighted by Crippen LogP contribution is -2.41. The second-order valence-electron chi connectivity index (χ2n) is 7.34. The van der Waals surface area contributed by atoms with Crippen LogP contribution in [-0.2, 0) is 14.8 Å². The second kappa shape index (κ2) is 9.37. The number of carbonyl (C=O) groups excluding carboxylic acids is 1. The lowest BCUT2D eigenvalue weighted by Gasteiger charge is -2.30. The molecule has 1 aliphatic rings. The van der Waals surface area contributed by atoms with Crippen molar-refractivity contribution < 1.29 is 13.2 Å². The molecular weight excluding hydrogens is 350 g/mol. The van der Waals surface area contributed by atoms with Crippen molar-refractivity contribution in [1.29, 1.82) is 0 Å². The molecule has 1 heterocycles. The van der Waals surface area contributed by atoms with Crippen molar-refractivity contribution in [2.75, 3.05) is 43.3 Å². The van der Waals surface area contributed by atoms with Crippen molar-refractivity contribution in [3.05, 3.63) is 29.8 Å². The molecule has 1 aromatic carbocycles. The van der Waals surface area contributed by atoms with E-state index < -0.39 is 10.0 Å². The van der Waals surface area contributed by atoms with E-state index in [1.54, 1.807) is 18.2 Å². The van der Waals surface area contributed by atoms with Gasteiger partial charge >= 0.3 is 0 Å². The van der Waals surface area contributed by atoms with Crippen LogP contribution < -0.4 is 9.62 Å². The van der Waals surface area contributed by atoms with E-state index in [0.717, 1.165) is 48.1 Å². The lowest BCUT2D eigenvalue weighted by molar-refractivity contribution is -0.119. The summed E-state index contributed by atoms with van der Waals surface area (Å²) in [5, 5.41) is 2.85. The number of hydrogen-bond acceptors (Lipinski definition) is 4. The van der Waals surface area contributed by atoms with Crippen molar-refractivity contribution in [2.45, 2.75) is 33.1 Å². The highest BCUT2D eigenvalue weighted by molar-refractivity contribution is 7.92. The molecule has 0 atom stereocenters. The Labute approximate surface area is 157 Å². The zero-order chi connectivity index (χ0) is 19.2. The minimum atomic E-state index is -3.52. The highest BCUT2D eigenvalue weighted by Crippen LogP contribution is 2.18. The van der Waals surface area contributed by atoms with Gasteiger partial charge in [-0.15, -0.1) is 0 Å². The summed E-state index contributed by atoms with van der Waals surface area (Å²) in [5.74, 6) is 0.541. The third kappa shape index (κ3) is 6.61. The summed E-state index contributed by atoms with van der Waals surface area (Å²) >= 11 is 0. The Bertz CT molecular complexity index is 698. The molecule has 26 heavy (non-hydrogen) atoms. The summed E-state index contributed by atoms with van der Waals surface area (Å²) in [6.07, 6.45) is 4.49. The van der Waals surface area contributed by atoms with Crippen LogP contribution in [0.5, 0.6) is 0 Å². The number of piperidine rings is 1. The lowest BCUT2D eigenvalue weighted by atomic mass is 9.99. The molecular formula is C19H31N3O3S. The van der Waals surface area contributed by atoms with Crippen LogP contribution in [0.4, 0.5) is 5.69 Å². The van der Waals surface area contributed by atoms with E-state index >= 15 is 0 Å². The zero-order valence-corrected chi connectivity index (χ0v) is 16.9. The standard InChI is InChI=1S/C19H31N3O3S/c1-16-8-12-21(13-9-16)11-5-10-20-19(23)15-22(26(3,24)25)18-7-4-6-17(2)14-18/h4,6-7,14,16H,5,8-13,15H2,1-3H3,(H,20,23). The third-order valence-corrected chi connectivity index (χ3v) is 5.97. The molecule has 0 radical (unpaired) electrons. The van der Waals surface area contributed by atoms with Gasteiger partial charge in [0, 0.05) is 6.54 Å². The number of sulfonamides is 1. The summed E-state index contributed by atoms with van der Waals surface area (Å²) in [6.45, 7) is 7.79. The SMILES string of the molecule is Cc1cccc(N(CC(=O)NCCCN2CCC(C)CC2)S(C)(=O)=O)c1. The molecule has 0 saturated carbocycles. The van der Waals surface area contributed by atoms with Gasteiger partial charge in [-0.1, -0.05) is 19.1 Å². The van der Waals surface area contributed by atoms with E-state index in [2.05, 4.69) is 17.1 Å². The average molecular weight is 382 g/mol. The monoisotopic (exact) mass is 381 g/mol. The van der Waals surface area contributed by atoms with Crippen LogP contribution in [0, 0.1) is 12.8 Å². The number of anilines is 1. The molecule has 0 unspecified atom stereocenters. The topological polar surface area (TPSA) is 69.7 Å². The molecule has 6 nitrogen and oxygen atoms in total. The fourth-order valence-corrected chi connectivity index (χ4v) is 4.03. The summed E-state index contributed by atoms with van der Waals surface area (Å²) < 4.78 is 25.3. The minimum Gasteiger partial charge on any atom is -0.354 e. The predicted octanol–water partition coefficient (Wildman–Crippen LogP) is 2.00. The Morgan fingerprint density at radius 1 is 1.31 bits per heavy atom. The summed E-state index contributed by atoms with van der Waals surface area (Å²) in [4.78, 5) is 14.7. The minimum absolute atomic E-state index is 0.191. The van der Waals surface area contributed by atoms with Gasteiger partial charge in [-0.2, -0.15) is 0 Å². The van der Waals surface area contributed by atoms with E-state index in [1.807, 2.05) is 13.0 Å². The number of nitrogens with zero attached hydrogens (tertiary/aromatic N) is 2. The van der Waals surface area contributed by atoms with Gasteiger partial charge in [0.15, 0.2) is 0 Å². The van der Waals surface area contributed by atoms with Crippen molar-refractivity contribution in [2.24, 2.45) is 5.92 Å². The van der Waals surface area contributed by atoms with Gasteiger partial charge in [-0.3, -0.25) is 9.10 Å². The van der Waals surface area contributed by atoms with Gasteiger partial charge in [0.1, 0.15) is 6.54 Å². The zero-order valence-electron chi connectivity index (χ0n) is 16.1. The Morgan fingerprint density at radius 3 is 2.62 bits per heavy atom. The largest absolute Gasteiger partial charge is 0.354 e. The summed E-state index contributed by atoms with van der Waals surface area (Å²) in [6, 6.07) is 7.16. The molecule has 1 saturated heterocycles. The number of amides is 1. The molecule has 7 heteroatoms. The molecule has 1 amide bonds. The van der Waals surface area contributed by atoms with E-state index in [9.17, 15) is 13.2 Å². The molecule has 1 aliphatic heterocycles. The first-order chi connectivity index (χ1) is 12.3. The summed E-state index contributed by atoms with van der Waals surface area (Å²) in [7, 11) is -3.52. The van der Waals surface area contributed by atoms with E-state index in [-0.39, 0.29) is 12.5 Å². The Morgan fingerprint density at radius 2 is 2.00 bits per heavy atom. The molecule has 0 aliphatic carbocycles. The number of hydrogen-bond donors (Lipinski definition) is 1. The second-order valence-corrected chi connectivity index (χ2v) is 9.24. The van der Waals surface area contributed by atoms with E-state index in [0.29, 0.717) is 12.2 Å². The van der Waals surface area contributed by atoms with Crippen molar-refractivity contribution >= 4 is 21.6 Å². The number of likely N-dealkylation sites (tertiary alicyclic amines) is 1. The number of benzene rings is 1. The highest BCUT2D eigenvalue weighted by Gasteiger charge is 2.21. The van der Waals surface area contributed by atoms with Gasteiger partial charge < -0.3 is 10.2 Å². The molecule has 146 valence electrons. The number of nitrogens with one attached hydrogen (secondary N) is 1. The van der Waals surface area contributed by atoms with Crippen LogP contribution in [-0.4, -0.2) is 58.2 Å². The van der Waals surface area contributed by atoms with Gasteiger partial charge in [0.25, 0.3) is 0 Å². The maximum absolute atomic E-state index is 12.2. The van der Waals surface area contributed by atoms with Crippen molar-refractivity contribution in [3.63, 3.8) is 0 Å². The summed E-state index contributed by atoms with van der Waals surface area (Å²) in [5.41, 5.74) is 1.47. The first kappa shape index (κ1) is 20.7. The Balaban J connectivity index is 1.80. The van der Waals surface area contributed by atoms with Crippen molar-refractivity contribution in [1.82, 2.24) is 10.2 Å². The van der Waals surface area contributed by atoms with Crippen molar-refractivity contribution in [3.8, 4) is 0 Å². The Hall–Kier alpha value is -1.60. The fraction of sp³-hybridized carbons (Fsp3) is 0.632. The maximum atomic E-state index is 12.2. The van der Waals surface area contributed by atoms with E-state index in [1.165, 1.54) is 12.8 Å². The predicted molar refractivity (Wildman–Crippen MR) is 106 cm³/mol. The normalized spacial score (nSPS) is 16.4. The molecule has 0 aromatic heterocycles. The molecule has 1 aromatic rings. The van der Waals surface area contributed by atoms with Crippen LogP contribution in [0.1, 0.15) is 31.7 Å². The van der Waals surface area contributed by atoms with Crippen LogP contribution in [0.15, 0.2) is 24.3 Å². The molecule has 2 rings (SSSR count). The number of aryl methyl sites for hydroxylation is 1.